The number of benzene rings is 10. The fourth-order valence-electron chi connectivity index (χ4n) is 12.7. The topological polar surface area (TPSA) is 36.8 Å². The van der Waals surface area contributed by atoms with Gasteiger partial charge in [0.15, 0.2) is 6.17 Å². The Bertz CT molecular complexity index is 3890. The van der Waals surface area contributed by atoms with Crippen molar-refractivity contribution >= 4 is 54.0 Å². The standard InChI is InChI=1S/C63H39N3S/c1-2-19-39(20-3-1)59-64-60(45-27-16-21-38-18-4-5-22-40(38)45)66-61(65-59)46-28-17-26-44-47-36-48-43-25-8-15-35-56(43)67-57(48)37-55(47)63(58(44)46)53-33-13-11-31-51(53)62(52-32-12-14-34-54(52)63)49-29-9-6-23-41(49)42-24-7-10-30-50(42)62/h1-37,61H,(H,64,65,66). The summed E-state index contributed by atoms with van der Waals surface area (Å²) >= 11 is 1.89. The highest BCUT2D eigenvalue weighted by molar-refractivity contribution is 7.25. The highest BCUT2D eigenvalue weighted by atomic mass is 32.1. The Kier molecular flexibility index (Phi) is 7.57. The Morgan fingerprint density at radius 1 is 0.358 bits per heavy atom. The summed E-state index contributed by atoms with van der Waals surface area (Å²) in [7, 11) is 0. The van der Waals surface area contributed by atoms with E-state index in [-0.39, 0.29) is 0 Å². The molecule has 1 atom stereocenters. The van der Waals surface area contributed by atoms with Crippen LogP contribution in [0.5, 0.6) is 0 Å². The number of nitrogens with zero attached hydrogens (tertiary/aromatic N) is 2. The first-order valence-corrected chi connectivity index (χ1v) is 24.0. The summed E-state index contributed by atoms with van der Waals surface area (Å²) in [6.45, 7) is 0. The molecule has 10 aromatic carbocycles. The van der Waals surface area contributed by atoms with Gasteiger partial charge in [0.2, 0.25) is 0 Å². The molecule has 15 rings (SSSR count). The average Bonchev–Trinajstić information content (AvgIpc) is 4.02. The fraction of sp³-hybridized carbons (Fsp3) is 0.0476. The van der Waals surface area contributed by atoms with Gasteiger partial charge < -0.3 is 5.32 Å². The molecule has 1 aromatic heterocycles. The van der Waals surface area contributed by atoms with E-state index in [1.165, 1.54) is 92.3 Å². The van der Waals surface area contributed by atoms with Crippen molar-refractivity contribution in [2.45, 2.75) is 17.0 Å². The SMILES string of the molecule is c1ccc(C2=NC(c3cccc4c3C3(c5cc6sc7ccccc7c6cc5-4)c4ccccc4C4(c5ccccc5-c5ccccc54)c4ccccc43)N=C(c3cccc4ccccc34)N2)cc1. The van der Waals surface area contributed by atoms with Crippen LogP contribution in [0.2, 0.25) is 0 Å². The van der Waals surface area contributed by atoms with Crippen LogP contribution in [0.3, 0.4) is 0 Å². The normalized spacial score (nSPS) is 16.4. The van der Waals surface area contributed by atoms with Crippen molar-refractivity contribution < 1.29 is 0 Å². The molecule has 11 aromatic rings. The quantitative estimate of drug-likeness (QED) is 0.189. The van der Waals surface area contributed by atoms with Crippen molar-refractivity contribution in [3.8, 4) is 22.3 Å². The van der Waals surface area contributed by atoms with Crippen LogP contribution in [0.1, 0.15) is 67.4 Å². The minimum atomic E-state index is -0.723. The summed E-state index contributed by atoms with van der Waals surface area (Å²) in [6, 6.07) is 83.5. The van der Waals surface area contributed by atoms with E-state index in [1.807, 2.05) is 11.3 Å². The molecule has 2 heterocycles. The summed E-state index contributed by atoms with van der Waals surface area (Å²) in [6.07, 6.45) is -0.559. The molecule has 2 spiro atoms. The fourth-order valence-corrected chi connectivity index (χ4v) is 13.8. The van der Waals surface area contributed by atoms with Gasteiger partial charge in [-0.2, -0.15) is 0 Å². The lowest BCUT2D eigenvalue weighted by Crippen LogP contribution is -2.44. The number of amidine groups is 2. The highest BCUT2D eigenvalue weighted by Gasteiger charge is 2.59. The van der Waals surface area contributed by atoms with E-state index in [2.05, 4.69) is 230 Å². The van der Waals surface area contributed by atoms with E-state index in [1.54, 1.807) is 0 Å². The molecule has 0 radical (unpaired) electrons. The zero-order chi connectivity index (χ0) is 43.8. The lowest BCUT2D eigenvalue weighted by atomic mass is 9.52. The second-order valence-corrected chi connectivity index (χ2v) is 19.4. The van der Waals surface area contributed by atoms with Gasteiger partial charge in [0.25, 0.3) is 0 Å². The zero-order valence-electron chi connectivity index (χ0n) is 36.2. The number of aliphatic imine (C=N–C) groups is 2. The van der Waals surface area contributed by atoms with Gasteiger partial charge in [-0.25, -0.2) is 9.98 Å². The number of nitrogens with one attached hydrogen (secondary N) is 1. The van der Waals surface area contributed by atoms with E-state index in [0.29, 0.717) is 0 Å². The van der Waals surface area contributed by atoms with Crippen LogP contribution in [0.25, 0.3) is 53.2 Å². The van der Waals surface area contributed by atoms with E-state index >= 15 is 0 Å². The minimum Gasteiger partial charge on any atom is -0.324 e. The number of hydrogen-bond donors (Lipinski definition) is 1. The molecule has 1 unspecified atom stereocenters. The van der Waals surface area contributed by atoms with Crippen molar-refractivity contribution in [2.24, 2.45) is 9.98 Å². The van der Waals surface area contributed by atoms with Crippen molar-refractivity contribution in [1.29, 1.82) is 0 Å². The molecule has 0 saturated carbocycles. The van der Waals surface area contributed by atoms with Crippen LogP contribution in [-0.2, 0) is 10.8 Å². The summed E-state index contributed by atoms with van der Waals surface area (Å²) in [5.41, 5.74) is 17.4. The Labute approximate surface area is 392 Å². The number of hydrogen-bond acceptors (Lipinski definition) is 4. The van der Waals surface area contributed by atoms with Crippen molar-refractivity contribution in [3.05, 3.63) is 286 Å². The molecular formula is C63H39N3S. The predicted molar refractivity (Wildman–Crippen MR) is 277 cm³/mol. The Morgan fingerprint density at radius 2 is 0.896 bits per heavy atom. The zero-order valence-corrected chi connectivity index (χ0v) is 37.1. The largest absolute Gasteiger partial charge is 0.324 e. The molecule has 4 heteroatoms. The molecule has 3 nitrogen and oxygen atoms in total. The Morgan fingerprint density at radius 3 is 1.63 bits per heavy atom. The average molecular weight is 870 g/mol. The maximum Gasteiger partial charge on any atom is 0.170 e. The number of thiophene rings is 1. The first-order valence-electron chi connectivity index (χ1n) is 23.2. The molecule has 1 N–H and O–H groups in total. The summed E-state index contributed by atoms with van der Waals surface area (Å²) in [5, 5.41) is 8.67. The maximum absolute atomic E-state index is 5.71. The maximum atomic E-state index is 5.71. The van der Waals surface area contributed by atoms with Crippen LogP contribution in [0.4, 0.5) is 0 Å². The van der Waals surface area contributed by atoms with Crippen LogP contribution >= 0.6 is 11.3 Å². The van der Waals surface area contributed by atoms with Gasteiger partial charge in [0, 0.05) is 36.9 Å². The first-order chi connectivity index (χ1) is 33.2. The molecule has 0 fully saturated rings. The van der Waals surface area contributed by atoms with Gasteiger partial charge in [0.1, 0.15) is 11.7 Å². The molecule has 0 bridgehead atoms. The second kappa shape index (κ2) is 13.7. The summed E-state index contributed by atoms with van der Waals surface area (Å²) < 4.78 is 2.60. The van der Waals surface area contributed by atoms with E-state index in [9.17, 15) is 0 Å². The minimum absolute atomic E-state index is 0.543. The molecule has 67 heavy (non-hydrogen) atoms. The second-order valence-electron chi connectivity index (χ2n) is 18.3. The van der Waals surface area contributed by atoms with Crippen molar-refractivity contribution in [3.63, 3.8) is 0 Å². The van der Waals surface area contributed by atoms with Crippen molar-refractivity contribution in [2.75, 3.05) is 0 Å². The van der Waals surface area contributed by atoms with E-state index in [4.69, 9.17) is 9.98 Å². The smallest absolute Gasteiger partial charge is 0.170 e. The predicted octanol–water partition coefficient (Wildman–Crippen LogP) is 14.7. The van der Waals surface area contributed by atoms with Gasteiger partial charge >= 0.3 is 0 Å². The molecular weight excluding hydrogens is 831 g/mol. The molecule has 1 aliphatic heterocycles. The number of rotatable bonds is 3. The third-order valence-corrected chi connectivity index (χ3v) is 16.3. The van der Waals surface area contributed by atoms with Gasteiger partial charge in [0.05, 0.1) is 10.8 Å². The van der Waals surface area contributed by atoms with Gasteiger partial charge in [-0.3, -0.25) is 0 Å². The van der Waals surface area contributed by atoms with Gasteiger partial charge in [-0.1, -0.05) is 206 Å². The Hall–Kier alpha value is -8.18. The Balaban J connectivity index is 1.09. The van der Waals surface area contributed by atoms with Crippen molar-refractivity contribution in [1.82, 2.24) is 5.32 Å². The van der Waals surface area contributed by atoms with E-state index in [0.717, 1.165) is 33.7 Å². The van der Waals surface area contributed by atoms with E-state index < -0.39 is 17.0 Å². The molecule has 4 aliphatic rings. The van der Waals surface area contributed by atoms with Crippen LogP contribution < -0.4 is 5.32 Å². The van der Waals surface area contributed by atoms with Gasteiger partial charge in [-0.05, 0) is 95.7 Å². The van der Waals surface area contributed by atoms with Crippen LogP contribution in [0, 0.1) is 0 Å². The van der Waals surface area contributed by atoms with Crippen LogP contribution in [-0.4, -0.2) is 11.7 Å². The monoisotopic (exact) mass is 869 g/mol. The molecule has 312 valence electrons. The molecule has 3 aliphatic carbocycles. The lowest BCUT2D eigenvalue weighted by molar-refractivity contribution is 0.621. The lowest BCUT2D eigenvalue weighted by Gasteiger charge is -2.49. The summed E-state index contributed by atoms with van der Waals surface area (Å²) in [5.74, 6) is 1.62. The third-order valence-electron chi connectivity index (χ3n) is 15.2. The first kappa shape index (κ1) is 37.1. The highest BCUT2D eigenvalue weighted by Crippen LogP contribution is 2.68. The van der Waals surface area contributed by atoms with Crippen LogP contribution in [0.15, 0.2) is 234 Å². The third kappa shape index (κ3) is 4.80. The molecule has 0 saturated heterocycles. The number of fused-ring (bicyclic) bond motifs is 20. The summed E-state index contributed by atoms with van der Waals surface area (Å²) in [4.78, 5) is 11.4. The van der Waals surface area contributed by atoms with Gasteiger partial charge in [-0.15, -0.1) is 11.3 Å². The molecule has 0 amide bonds.